The maximum atomic E-state index is 12.0. The van der Waals surface area contributed by atoms with E-state index < -0.39 is 0 Å². The van der Waals surface area contributed by atoms with Crippen LogP contribution in [0, 0.1) is 6.92 Å². The van der Waals surface area contributed by atoms with Gasteiger partial charge in [0.2, 0.25) is 0 Å². The number of amides is 1. The number of methoxy groups -OCH3 is 1. The smallest absolute Gasteiger partial charge is 0.255 e. The zero-order chi connectivity index (χ0) is 13.8. The van der Waals surface area contributed by atoms with Crippen LogP contribution in [0.15, 0.2) is 42.5 Å². The van der Waals surface area contributed by atoms with E-state index in [4.69, 9.17) is 10.5 Å². The molecule has 19 heavy (non-hydrogen) atoms. The summed E-state index contributed by atoms with van der Waals surface area (Å²) in [5.41, 5.74) is 8.62. The fourth-order valence-corrected chi connectivity index (χ4v) is 1.72. The molecule has 2 rings (SSSR count). The molecule has 0 bridgehead atoms. The number of anilines is 2. The monoisotopic (exact) mass is 256 g/mol. The lowest BCUT2D eigenvalue weighted by Gasteiger charge is -2.08. The summed E-state index contributed by atoms with van der Waals surface area (Å²) in [6.07, 6.45) is 0. The van der Waals surface area contributed by atoms with Crippen molar-refractivity contribution in [3.8, 4) is 5.75 Å². The molecule has 2 aromatic carbocycles. The SMILES string of the molecule is COc1ccc(C(=O)Nc2ccc(C)cc2)cc1N. The Morgan fingerprint density at radius 2 is 1.84 bits per heavy atom. The quantitative estimate of drug-likeness (QED) is 0.830. The fourth-order valence-electron chi connectivity index (χ4n) is 1.72. The lowest BCUT2D eigenvalue weighted by molar-refractivity contribution is 0.102. The van der Waals surface area contributed by atoms with E-state index in [0.29, 0.717) is 17.0 Å². The van der Waals surface area contributed by atoms with E-state index in [0.717, 1.165) is 11.3 Å². The van der Waals surface area contributed by atoms with Gasteiger partial charge in [0.1, 0.15) is 5.75 Å². The molecule has 1 amide bonds. The van der Waals surface area contributed by atoms with E-state index >= 15 is 0 Å². The summed E-state index contributed by atoms with van der Waals surface area (Å²) in [4.78, 5) is 12.0. The third-order valence-corrected chi connectivity index (χ3v) is 2.80. The third kappa shape index (κ3) is 3.04. The highest BCUT2D eigenvalue weighted by atomic mass is 16.5. The summed E-state index contributed by atoms with van der Waals surface area (Å²) in [5.74, 6) is 0.366. The van der Waals surface area contributed by atoms with Gasteiger partial charge in [0.25, 0.3) is 5.91 Å². The number of carbonyl (C=O) groups excluding carboxylic acids is 1. The summed E-state index contributed by atoms with van der Waals surface area (Å²) < 4.78 is 5.05. The van der Waals surface area contributed by atoms with Crippen LogP contribution >= 0.6 is 0 Å². The number of nitrogen functional groups attached to an aromatic ring is 1. The summed E-state index contributed by atoms with van der Waals surface area (Å²) in [5, 5.41) is 2.81. The zero-order valence-electron chi connectivity index (χ0n) is 10.9. The molecule has 0 fully saturated rings. The van der Waals surface area contributed by atoms with Crippen LogP contribution in [-0.4, -0.2) is 13.0 Å². The molecular formula is C15H16N2O2. The number of aryl methyl sites for hydroxylation is 1. The van der Waals surface area contributed by atoms with Crippen molar-refractivity contribution in [1.82, 2.24) is 0 Å². The number of benzene rings is 2. The minimum atomic E-state index is -0.196. The number of nitrogens with one attached hydrogen (secondary N) is 1. The standard InChI is InChI=1S/C15H16N2O2/c1-10-3-6-12(7-4-10)17-15(18)11-5-8-14(19-2)13(16)9-11/h3-9H,16H2,1-2H3,(H,17,18). The van der Waals surface area contributed by atoms with E-state index in [9.17, 15) is 4.79 Å². The molecular weight excluding hydrogens is 240 g/mol. The second kappa shape index (κ2) is 5.44. The summed E-state index contributed by atoms with van der Waals surface area (Å²) in [6, 6.07) is 12.6. The molecule has 0 aliphatic rings. The van der Waals surface area contributed by atoms with Crippen LogP contribution in [0.5, 0.6) is 5.75 Å². The molecule has 4 heteroatoms. The van der Waals surface area contributed by atoms with Gasteiger partial charge in [0.05, 0.1) is 12.8 Å². The van der Waals surface area contributed by atoms with Gasteiger partial charge in [-0.25, -0.2) is 0 Å². The van der Waals surface area contributed by atoms with Crippen LogP contribution in [-0.2, 0) is 0 Å². The first-order chi connectivity index (χ1) is 9.10. The van der Waals surface area contributed by atoms with Crippen molar-refractivity contribution in [1.29, 1.82) is 0 Å². The van der Waals surface area contributed by atoms with E-state index in [1.54, 1.807) is 18.2 Å². The van der Waals surface area contributed by atoms with Crippen molar-refractivity contribution < 1.29 is 9.53 Å². The Bertz CT molecular complexity index is 592. The van der Waals surface area contributed by atoms with Gasteiger partial charge in [-0.15, -0.1) is 0 Å². The zero-order valence-corrected chi connectivity index (χ0v) is 10.9. The number of hydrogen-bond acceptors (Lipinski definition) is 3. The van der Waals surface area contributed by atoms with Crippen molar-refractivity contribution >= 4 is 17.3 Å². The van der Waals surface area contributed by atoms with Gasteiger partial charge in [-0.05, 0) is 37.3 Å². The van der Waals surface area contributed by atoms with Crippen molar-refractivity contribution in [3.63, 3.8) is 0 Å². The van der Waals surface area contributed by atoms with Gasteiger partial charge in [-0.1, -0.05) is 17.7 Å². The summed E-state index contributed by atoms with van der Waals surface area (Å²) in [7, 11) is 1.54. The maximum absolute atomic E-state index is 12.0. The van der Waals surface area contributed by atoms with Crippen LogP contribution in [0.25, 0.3) is 0 Å². The molecule has 2 aromatic rings. The minimum Gasteiger partial charge on any atom is -0.495 e. The van der Waals surface area contributed by atoms with Gasteiger partial charge in [-0.3, -0.25) is 4.79 Å². The van der Waals surface area contributed by atoms with Crippen LogP contribution in [0.2, 0.25) is 0 Å². The highest BCUT2D eigenvalue weighted by Crippen LogP contribution is 2.22. The largest absolute Gasteiger partial charge is 0.495 e. The van der Waals surface area contributed by atoms with E-state index in [1.807, 2.05) is 31.2 Å². The average molecular weight is 256 g/mol. The normalized spacial score (nSPS) is 10.0. The Hall–Kier alpha value is -2.49. The first-order valence-corrected chi connectivity index (χ1v) is 5.91. The van der Waals surface area contributed by atoms with E-state index in [1.165, 1.54) is 7.11 Å². The van der Waals surface area contributed by atoms with E-state index in [-0.39, 0.29) is 5.91 Å². The topological polar surface area (TPSA) is 64.3 Å². The van der Waals surface area contributed by atoms with Gasteiger partial charge >= 0.3 is 0 Å². The predicted octanol–water partition coefficient (Wildman–Crippen LogP) is 2.84. The predicted molar refractivity (Wildman–Crippen MR) is 76.5 cm³/mol. The molecule has 4 nitrogen and oxygen atoms in total. The van der Waals surface area contributed by atoms with Crippen molar-refractivity contribution in [3.05, 3.63) is 53.6 Å². The number of nitrogens with two attached hydrogens (primary N) is 1. The Balaban J connectivity index is 2.16. The van der Waals surface area contributed by atoms with Crippen molar-refractivity contribution in [2.45, 2.75) is 6.92 Å². The number of carbonyl (C=O) groups is 1. The first-order valence-electron chi connectivity index (χ1n) is 5.91. The van der Waals surface area contributed by atoms with Gasteiger partial charge in [-0.2, -0.15) is 0 Å². The fraction of sp³-hybridized carbons (Fsp3) is 0.133. The lowest BCUT2D eigenvalue weighted by Crippen LogP contribution is -2.12. The molecule has 0 aromatic heterocycles. The molecule has 0 aliphatic heterocycles. The number of ether oxygens (including phenoxy) is 1. The molecule has 0 spiro atoms. The summed E-state index contributed by atoms with van der Waals surface area (Å²) in [6.45, 7) is 2.00. The van der Waals surface area contributed by atoms with Crippen LogP contribution in [0.4, 0.5) is 11.4 Å². The molecule has 0 saturated carbocycles. The highest BCUT2D eigenvalue weighted by molar-refractivity contribution is 6.05. The van der Waals surface area contributed by atoms with Crippen LogP contribution in [0.1, 0.15) is 15.9 Å². The molecule has 0 heterocycles. The number of hydrogen-bond donors (Lipinski definition) is 2. The Kier molecular flexibility index (Phi) is 3.71. The van der Waals surface area contributed by atoms with Crippen LogP contribution in [0.3, 0.4) is 0 Å². The summed E-state index contributed by atoms with van der Waals surface area (Å²) >= 11 is 0. The molecule has 0 atom stereocenters. The van der Waals surface area contributed by atoms with Crippen molar-refractivity contribution in [2.24, 2.45) is 0 Å². The Morgan fingerprint density at radius 3 is 2.42 bits per heavy atom. The molecule has 0 unspecified atom stereocenters. The molecule has 3 N–H and O–H groups in total. The minimum absolute atomic E-state index is 0.196. The third-order valence-electron chi connectivity index (χ3n) is 2.80. The molecule has 0 saturated heterocycles. The molecule has 0 aliphatic carbocycles. The number of rotatable bonds is 3. The Labute approximate surface area is 112 Å². The van der Waals surface area contributed by atoms with Gasteiger partial charge in [0, 0.05) is 11.3 Å². The molecule has 0 radical (unpaired) electrons. The van der Waals surface area contributed by atoms with Gasteiger partial charge in [0.15, 0.2) is 0 Å². The van der Waals surface area contributed by atoms with Crippen molar-refractivity contribution in [2.75, 3.05) is 18.2 Å². The second-order valence-electron chi connectivity index (χ2n) is 4.28. The second-order valence-corrected chi connectivity index (χ2v) is 4.28. The molecule has 98 valence electrons. The average Bonchev–Trinajstić information content (AvgIpc) is 2.41. The van der Waals surface area contributed by atoms with E-state index in [2.05, 4.69) is 5.32 Å². The Morgan fingerprint density at radius 1 is 1.16 bits per heavy atom. The van der Waals surface area contributed by atoms with Gasteiger partial charge < -0.3 is 15.8 Å². The lowest BCUT2D eigenvalue weighted by atomic mass is 10.1. The van der Waals surface area contributed by atoms with Crippen LogP contribution < -0.4 is 15.8 Å². The maximum Gasteiger partial charge on any atom is 0.255 e. The first kappa shape index (κ1) is 13.0. The highest BCUT2D eigenvalue weighted by Gasteiger charge is 2.08.